The number of nitrogens with one attached hydrogen (secondary N) is 2. The second-order valence-corrected chi connectivity index (χ2v) is 9.21. The molecule has 5 rings (SSSR count). The molecule has 8 heteroatoms. The fourth-order valence-corrected chi connectivity index (χ4v) is 4.97. The maximum Gasteiger partial charge on any atom is 0.322 e. The molecule has 36 heavy (non-hydrogen) atoms. The minimum Gasteiger partial charge on any atom is -0.344 e. The number of carbonyl (C=O) groups is 3. The minimum absolute atomic E-state index is 0.140. The van der Waals surface area contributed by atoms with Gasteiger partial charge in [0, 0.05) is 12.1 Å². The van der Waals surface area contributed by atoms with Crippen molar-refractivity contribution in [2.75, 3.05) is 20.1 Å². The highest BCUT2D eigenvalue weighted by molar-refractivity contribution is 6.31. The topological polar surface area (TPSA) is 81.8 Å². The second kappa shape index (κ2) is 9.87. The molecule has 1 atom stereocenters. The smallest absolute Gasteiger partial charge is 0.322 e. The van der Waals surface area contributed by atoms with Crippen molar-refractivity contribution < 1.29 is 14.4 Å². The van der Waals surface area contributed by atoms with E-state index in [9.17, 15) is 14.4 Å². The number of nitrogens with zero attached hydrogens (tertiary/aromatic N) is 2. The highest BCUT2D eigenvalue weighted by Gasteiger charge is 2.43. The summed E-state index contributed by atoms with van der Waals surface area (Å²) in [7, 11) is 1.62. The standard InChI is InChI=1S/C28H25ClN4O3/c1-32-22-16-33(27(35)24(22)26(31-28(32)36)20-14-8-9-15-21(20)29)17-23(34)30-25(18-10-4-2-5-11-18)19-12-6-3-7-13-19/h2-15,25-26H,16-17H2,1H3,(H,30,34)(H,31,36). The molecule has 0 spiro atoms. The number of halogens is 1. The highest BCUT2D eigenvalue weighted by atomic mass is 35.5. The van der Waals surface area contributed by atoms with E-state index >= 15 is 0 Å². The minimum atomic E-state index is -0.681. The van der Waals surface area contributed by atoms with Crippen molar-refractivity contribution in [2.24, 2.45) is 0 Å². The van der Waals surface area contributed by atoms with Crippen LogP contribution in [-0.4, -0.2) is 47.8 Å². The molecule has 4 amide bonds. The van der Waals surface area contributed by atoms with Crippen LogP contribution in [-0.2, 0) is 9.59 Å². The molecule has 0 bridgehead atoms. The van der Waals surface area contributed by atoms with E-state index in [2.05, 4.69) is 10.6 Å². The van der Waals surface area contributed by atoms with Gasteiger partial charge in [0.15, 0.2) is 0 Å². The molecule has 0 saturated carbocycles. The van der Waals surface area contributed by atoms with Crippen LogP contribution in [0, 0.1) is 0 Å². The van der Waals surface area contributed by atoms with Gasteiger partial charge in [0.05, 0.1) is 29.9 Å². The molecule has 2 aliphatic rings. The zero-order valence-corrected chi connectivity index (χ0v) is 20.4. The Balaban J connectivity index is 1.37. The van der Waals surface area contributed by atoms with Gasteiger partial charge in [0.2, 0.25) is 5.91 Å². The van der Waals surface area contributed by atoms with Crippen molar-refractivity contribution in [3.8, 4) is 0 Å². The molecule has 2 N–H and O–H groups in total. The average Bonchev–Trinajstić information content (AvgIpc) is 3.22. The normalized spacial score (nSPS) is 17.4. The van der Waals surface area contributed by atoms with Crippen LogP contribution in [0.25, 0.3) is 0 Å². The highest BCUT2D eigenvalue weighted by Crippen LogP contribution is 2.37. The summed E-state index contributed by atoms with van der Waals surface area (Å²) in [6, 6.07) is 25.1. The SMILES string of the molecule is CN1C(=O)NC(c2ccccc2Cl)C2=C1CN(CC(=O)NC(c1ccccc1)c1ccccc1)C2=O. The van der Waals surface area contributed by atoms with Crippen LogP contribution in [0.15, 0.2) is 96.2 Å². The third-order valence-electron chi connectivity index (χ3n) is 6.56. The van der Waals surface area contributed by atoms with Gasteiger partial charge >= 0.3 is 6.03 Å². The van der Waals surface area contributed by atoms with Gasteiger partial charge in [-0.3, -0.25) is 14.5 Å². The average molecular weight is 501 g/mol. The van der Waals surface area contributed by atoms with Gasteiger partial charge in [-0.25, -0.2) is 4.79 Å². The zero-order valence-electron chi connectivity index (χ0n) is 19.6. The number of rotatable bonds is 6. The van der Waals surface area contributed by atoms with Crippen LogP contribution in [0.5, 0.6) is 0 Å². The predicted molar refractivity (Wildman–Crippen MR) is 137 cm³/mol. The molecule has 7 nitrogen and oxygen atoms in total. The Hall–Kier alpha value is -4.10. The lowest BCUT2D eigenvalue weighted by atomic mass is 9.95. The largest absolute Gasteiger partial charge is 0.344 e. The Morgan fingerprint density at radius 1 is 0.972 bits per heavy atom. The van der Waals surface area contributed by atoms with Crippen molar-refractivity contribution in [1.29, 1.82) is 0 Å². The van der Waals surface area contributed by atoms with E-state index in [1.54, 1.807) is 25.2 Å². The maximum absolute atomic E-state index is 13.5. The van der Waals surface area contributed by atoms with Gasteiger partial charge in [0.25, 0.3) is 5.91 Å². The van der Waals surface area contributed by atoms with Crippen molar-refractivity contribution in [2.45, 2.75) is 12.1 Å². The first kappa shape index (κ1) is 23.6. The summed E-state index contributed by atoms with van der Waals surface area (Å²) in [4.78, 5) is 42.3. The predicted octanol–water partition coefficient (Wildman–Crippen LogP) is 4.04. The van der Waals surface area contributed by atoms with E-state index in [-0.39, 0.29) is 37.0 Å². The molecule has 0 aliphatic carbocycles. The lowest BCUT2D eigenvalue weighted by molar-refractivity contribution is -0.132. The van der Waals surface area contributed by atoms with Gasteiger partial charge in [-0.2, -0.15) is 0 Å². The number of benzene rings is 3. The molecule has 2 aliphatic heterocycles. The molecule has 3 aromatic rings. The number of amides is 4. The summed E-state index contributed by atoms with van der Waals surface area (Å²) in [5, 5.41) is 6.41. The van der Waals surface area contributed by atoms with E-state index < -0.39 is 6.04 Å². The molecule has 2 heterocycles. The number of hydrogen-bond donors (Lipinski definition) is 2. The molecule has 182 valence electrons. The Morgan fingerprint density at radius 2 is 1.56 bits per heavy atom. The summed E-state index contributed by atoms with van der Waals surface area (Å²) >= 11 is 6.40. The summed E-state index contributed by atoms with van der Waals surface area (Å²) in [5.41, 5.74) is 3.52. The number of likely N-dealkylation sites (N-methyl/N-ethyl adjacent to an activating group) is 1. The van der Waals surface area contributed by atoms with E-state index in [0.717, 1.165) is 11.1 Å². The number of carbonyl (C=O) groups excluding carboxylic acids is 3. The molecule has 0 fully saturated rings. The third-order valence-corrected chi connectivity index (χ3v) is 6.90. The van der Waals surface area contributed by atoms with Crippen molar-refractivity contribution in [3.05, 3.63) is 118 Å². The number of urea groups is 1. The fraction of sp³-hybridized carbons (Fsp3) is 0.179. The molecule has 0 radical (unpaired) electrons. The summed E-state index contributed by atoms with van der Waals surface area (Å²) in [6.45, 7) is 0.0209. The quantitative estimate of drug-likeness (QED) is 0.536. The maximum atomic E-state index is 13.5. The molecule has 0 aromatic heterocycles. The molecular formula is C28H25ClN4O3. The van der Waals surface area contributed by atoms with E-state index in [1.807, 2.05) is 66.7 Å². The Morgan fingerprint density at radius 3 is 2.17 bits per heavy atom. The van der Waals surface area contributed by atoms with Crippen molar-refractivity contribution in [3.63, 3.8) is 0 Å². The van der Waals surface area contributed by atoms with Crippen LogP contribution in [0.1, 0.15) is 28.8 Å². The Kier molecular flexibility index (Phi) is 6.48. The zero-order chi connectivity index (χ0) is 25.2. The third kappa shape index (κ3) is 4.45. The van der Waals surface area contributed by atoms with Gasteiger partial charge < -0.3 is 15.5 Å². The lowest BCUT2D eigenvalue weighted by Crippen LogP contribution is -2.45. The van der Waals surface area contributed by atoms with E-state index in [1.165, 1.54) is 9.80 Å². The first-order valence-corrected chi connectivity index (χ1v) is 12.0. The first-order chi connectivity index (χ1) is 17.4. The van der Waals surface area contributed by atoms with Crippen molar-refractivity contribution in [1.82, 2.24) is 20.4 Å². The fourth-order valence-electron chi connectivity index (χ4n) is 4.72. The summed E-state index contributed by atoms with van der Waals surface area (Å²) < 4.78 is 0. The molecule has 1 unspecified atom stereocenters. The van der Waals surface area contributed by atoms with Gasteiger partial charge in [-0.05, 0) is 22.8 Å². The molecule has 0 saturated heterocycles. The van der Waals surface area contributed by atoms with Crippen LogP contribution >= 0.6 is 11.6 Å². The lowest BCUT2D eigenvalue weighted by Gasteiger charge is -2.31. The molecular weight excluding hydrogens is 476 g/mol. The van der Waals surface area contributed by atoms with Crippen LogP contribution < -0.4 is 10.6 Å². The van der Waals surface area contributed by atoms with Gasteiger partial charge in [-0.15, -0.1) is 0 Å². The van der Waals surface area contributed by atoms with Crippen LogP contribution in [0.2, 0.25) is 5.02 Å². The monoisotopic (exact) mass is 500 g/mol. The second-order valence-electron chi connectivity index (χ2n) is 8.81. The van der Waals surface area contributed by atoms with Gasteiger partial charge in [0.1, 0.15) is 6.54 Å². The van der Waals surface area contributed by atoms with Crippen LogP contribution in [0.3, 0.4) is 0 Å². The summed E-state index contributed by atoms with van der Waals surface area (Å²) in [6.07, 6.45) is 0. The van der Waals surface area contributed by atoms with E-state index in [4.69, 9.17) is 11.6 Å². The Labute approximate surface area is 214 Å². The van der Waals surface area contributed by atoms with Crippen LogP contribution in [0.4, 0.5) is 4.79 Å². The first-order valence-electron chi connectivity index (χ1n) is 11.6. The summed E-state index contributed by atoms with van der Waals surface area (Å²) in [5.74, 6) is -0.593. The Bertz CT molecular complexity index is 1300. The number of hydrogen-bond acceptors (Lipinski definition) is 3. The van der Waals surface area contributed by atoms with Crippen molar-refractivity contribution >= 4 is 29.4 Å². The van der Waals surface area contributed by atoms with E-state index in [0.29, 0.717) is 21.9 Å². The van der Waals surface area contributed by atoms with Gasteiger partial charge in [-0.1, -0.05) is 90.5 Å². The molecule has 3 aromatic carbocycles.